The topological polar surface area (TPSA) is 140 Å². The fraction of sp³-hybridized carbons (Fsp3) is 0.133. The normalized spacial score (nSPS) is 17.3. The van der Waals surface area contributed by atoms with Gasteiger partial charge in [0, 0.05) is 29.4 Å². The van der Waals surface area contributed by atoms with Crippen molar-refractivity contribution in [1.29, 1.82) is 5.26 Å². The lowest BCUT2D eigenvalue weighted by Crippen LogP contribution is -2.50. The third kappa shape index (κ3) is 3.31. The Morgan fingerprint density at radius 3 is 2.50 bits per heavy atom. The lowest BCUT2D eigenvalue weighted by atomic mass is 9.69. The molecule has 0 saturated heterocycles. The Morgan fingerprint density at radius 2 is 1.77 bits per heavy atom. The second kappa shape index (κ2) is 9.03. The quantitative estimate of drug-likeness (QED) is 0.411. The maximum Gasteiger partial charge on any atom is 0.259 e. The number of nitriles is 1. The number of aromatic nitrogens is 1. The number of nitrogens with zero attached hydrogens (tertiary/aromatic N) is 3. The van der Waals surface area contributed by atoms with Gasteiger partial charge < -0.3 is 30.0 Å². The van der Waals surface area contributed by atoms with E-state index in [1.54, 1.807) is 87.0 Å². The molecule has 1 spiro atoms. The molecule has 6 rings (SSSR count). The van der Waals surface area contributed by atoms with E-state index in [-0.39, 0.29) is 29.3 Å². The number of aryl methyl sites for hydroxylation is 1. The molecule has 10 heteroatoms. The summed E-state index contributed by atoms with van der Waals surface area (Å²) in [6, 6.07) is 22.7. The maximum atomic E-state index is 14.6. The van der Waals surface area contributed by atoms with Gasteiger partial charge in [-0.1, -0.05) is 30.3 Å². The Bertz CT molecular complexity index is 1870. The molecule has 3 N–H and O–H groups in total. The van der Waals surface area contributed by atoms with Gasteiger partial charge >= 0.3 is 0 Å². The van der Waals surface area contributed by atoms with Gasteiger partial charge in [0.25, 0.3) is 5.56 Å². The monoisotopic (exact) mass is 533 g/mol. The standard InChI is InChI=1S/C30H23N5O5/c1-34-22-9-5-3-7-19(22)26-25(28(34)37)30(21(15-31)27(32)40-26)20-8-4-6-10-23(20)35(29(30)38)16-24(36)33-17-11-13-18(39-2)14-12-17/h3-14H,16,32H2,1-2H3,(H,33,36)/t30-/m1/s1. The van der Waals surface area contributed by atoms with Crippen LogP contribution in [-0.4, -0.2) is 30.0 Å². The fourth-order valence-electron chi connectivity index (χ4n) is 5.63. The molecular weight excluding hydrogens is 510 g/mol. The Morgan fingerprint density at radius 1 is 1.07 bits per heavy atom. The number of hydrogen-bond acceptors (Lipinski definition) is 7. The Labute approximate surface area is 228 Å². The number of nitrogens with two attached hydrogens (primary N) is 1. The van der Waals surface area contributed by atoms with E-state index in [4.69, 9.17) is 15.2 Å². The zero-order valence-corrected chi connectivity index (χ0v) is 21.6. The number of rotatable bonds is 4. The molecular formula is C30H23N5O5. The summed E-state index contributed by atoms with van der Waals surface area (Å²) in [7, 11) is 3.14. The first-order chi connectivity index (χ1) is 19.3. The van der Waals surface area contributed by atoms with E-state index in [9.17, 15) is 19.6 Å². The number of benzene rings is 3. The van der Waals surface area contributed by atoms with Crippen molar-refractivity contribution < 1.29 is 19.1 Å². The lowest BCUT2D eigenvalue weighted by Gasteiger charge is -2.34. The summed E-state index contributed by atoms with van der Waals surface area (Å²) in [6.07, 6.45) is 0. The minimum Gasteiger partial charge on any atom is -0.497 e. The first-order valence-corrected chi connectivity index (χ1v) is 12.4. The molecule has 2 amide bonds. The molecule has 40 heavy (non-hydrogen) atoms. The molecule has 0 aliphatic carbocycles. The van der Waals surface area contributed by atoms with Gasteiger partial charge in [-0.3, -0.25) is 14.4 Å². The molecule has 1 aromatic heterocycles. The number of pyridine rings is 1. The van der Waals surface area contributed by atoms with Crippen molar-refractivity contribution in [1.82, 2.24) is 4.57 Å². The number of methoxy groups -OCH3 is 1. The Kier molecular flexibility index (Phi) is 5.59. The summed E-state index contributed by atoms with van der Waals surface area (Å²) in [5.41, 5.74) is 5.50. The van der Waals surface area contributed by atoms with E-state index in [2.05, 4.69) is 5.32 Å². The fourth-order valence-corrected chi connectivity index (χ4v) is 5.63. The third-order valence-corrected chi connectivity index (χ3v) is 7.42. The number of fused-ring (bicyclic) bond motifs is 6. The average molecular weight is 534 g/mol. The molecule has 2 aliphatic rings. The Balaban J connectivity index is 1.54. The maximum absolute atomic E-state index is 14.6. The van der Waals surface area contributed by atoms with E-state index >= 15 is 0 Å². The largest absolute Gasteiger partial charge is 0.497 e. The number of ether oxygens (including phenoxy) is 2. The molecule has 0 saturated carbocycles. The van der Waals surface area contributed by atoms with Gasteiger partial charge in [0.15, 0.2) is 5.41 Å². The highest BCUT2D eigenvalue weighted by atomic mass is 16.5. The summed E-state index contributed by atoms with van der Waals surface area (Å²) in [6.45, 7) is -0.369. The highest BCUT2D eigenvalue weighted by Crippen LogP contribution is 2.55. The second-order valence-electron chi connectivity index (χ2n) is 9.47. The van der Waals surface area contributed by atoms with Gasteiger partial charge in [0.1, 0.15) is 29.7 Å². The van der Waals surface area contributed by atoms with Crippen LogP contribution in [0.5, 0.6) is 11.5 Å². The summed E-state index contributed by atoms with van der Waals surface area (Å²) in [5, 5.41) is 13.6. The molecule has 0 radical (unpaired) electrons. The van der Waals surface area contributed by atoms with Crippen LogP contribution in [-0.2, 0) is 22.1 Å². The Hall–Kier alpha value is -5.56. The van der Waals surface area contributed by atoms with Gasteiger partial charge in [-0.25, -0.2) is 0 Å². The molecule has 0 bridgehead atoms. The molecule has 0 fully saturated rings. The first-order valence-electron chi connectivity index (χ1n) is 12.4. The predicted molar refractivity (Wildman–Crippen MR) is 148 cm³/mol. The van der Waals surface area contributed by atoms with Crippen molar-refractivity contribution in [2.75, 3.05) is 23.9 Å². The molecule has 4 aromatic rings. The van der Waals surface area contributed by atoms with Crippen LogP contribution in [0.1, 0.15) is 11.1 Å². The van der Waals surface area contributed by atoms with Gasteiger partial charge in [-0.15, -0.1) is 0 Å². The van der Waals surface area contributed by atoms with Gasteiger partial charge in [-0.2, -0.15) is 5.26 Å². The molecule has 3 aromatic carbocycles. The summed E-state index contributed by atoms with van der Waals surface area (Å²) in [5.74, 6) is -0.650. The van der Waals surface area contributed by atoms with Crippen LogP contribution in [0, 0.1) is 11.3 Å². The van der Waals surface area contributed by atoms with Crippen LogP contribution in [0.2, 0.25) is 0 Å². The first kappa shape index (κ1) is 24.8. The van der Waals surface area contributed by atoms with E-state index in [1.165, 1.54) is 9.47 Å². The van der Waals surface area contributed by atoms with E-state index < -0.39 is 22.8 Å². The summed E-state index contributed by atoms with van der Waals surface area (Å²) < 4.78 is 12.5. The smallest absolute Gasteiger partial charge is 0.259 e. The second-order valence-corrected chi connectivity index (χ2v) is 9.47. The SMILES string of the molecule is COc1ccc(NC(=O)CN2C(=O)[C@@]3(C(C#N)=C(N)Oc4c3c(=O)n(C)c3ccccc43)c3ccccc32)cc1. The number of carbonyl (C=O) groups is 2. The number of nitrogens with one attached hydrogen (secondary N) is 1. The van der Waals surface area contributed by atoms with E-state index in [0.29, 0.717) is 33.6 Å². The van der Waals surface area contributed by atoms with Crippen molar-refractivity contribution in [3.05, 3.63) is 106 Å². The zero-order valence-electron chi connectivity index (χ0n) is 21.6. The highest BCUT2D eigenvalue weighted by Gasteiger charge is 2.61. The molecule has 1 atom stereocenters. The highest BCUT2D eigenvalue weighted by molar-refractivity contribution is 6.17. The number of anilines is 2. The number of para-hydroxylation sites is 2. The van der Waals surface area contributed by atoms with Gasteiger partial charge in [0.2, 0.25) is 17.7 Å². The summed E-state index contributed by atoms with van der Waals surface area (Å²) >= 11 is 0. The molecule has 198 valence electrons. The minimum absolute atomic E-state index is 0.0186. The van der Waals surface area contributed by atoms with Crippen LogP contribution in [0.4, 0.5) is 11.4 Å². The summed E-state index contributed by atoms with van der Waals surface area (Å²) in [4.78, 5) is 43.0. The van der Waals surface area contributed by atoms with Gasteiger partial charge in [-0.05, 0) is 42.5 Å². The van der Waals surface area contributed by atoms with Crippen LogP contribution in [0.15, 0.2) is 89.0 Å². The molecule has 10 nitrogen and oxygen atoms in total. The number of hydrogen-bond donors (Lipinski definition) is 2. The van der Waals surface area contributed by atoms with Crippen molar-refractivity contribution >= 4 is 34.1 Å². The van der Waals surface area contributed by atoms with E-state index in [0.717, 1.165) is 0 Å². The molecule has 0 unspecified atom stereocenters. The van der Waals surface area contributed by atoms with Crippen LogP contribution < -0.4 is 31.0 Å². The van der Waals surface area contributed by atoms with Crippen LogP contribution in [0.25, 0.3) is 10.9 Å². The molecule has 2 aliphatic heterocycles. The van der Waals surface area contributed by atoms with Crippen molar-refractivity contribution in [2.24, 2.45) is 12.8 Å². The number of carbonyl (C=O) groups excluding carboxylic acids is 2. The van der Waals surface area contributed by atoms with Crippen molar-refractivity contribution in [2.45, 2.75) is 5.41 Å². The van der Waals surface area contributed by atoms with Crippen LogP contribution in [0.3, 0.4) is 0 Å². The number of amides is 2. The predicted octanol–water partition coefficient (Wildman–Crippen LogP) is 2.90. The van der Waals surface area contributed by atoms with Gasteiger partial charge in [0.05, 0.1) is 18.2 Å². The third-order valence-electron chi connectivity index (χ3n) is 7.42. The minimum atomic E-state index is -1.90. The molecule has 3 heterocycles. The van der Waals surface area contributed by atoms with Crippen LogP contribution >= 0.6 is 0 Å². The lowest BCUT2D eigenvalue weighted by molar-refractivity contribution is -0.123. The van der Waals surface area contributed by atoms with Crippen molar-refractivity contribution in [3.63, 3.8) is 0 Å². The zero-order chi connectivity index (χ0) is 28.2. The van der Waals surface area contributed by atoms with Crippen molar-refractivity contribution in [3.8, 4) is 17.6 Å². The van der Waals surface area contributed by atoms with E-state index in [1.807, 2.05) is 6.07 Å². The average Bonchev–Trinajstić information content (AvgIpc) is 3.20.